The van der Waals surface area contributed by atoms with Crippen molar-refractivity contribution in [3.05, 3.63) is 47.0 Å². The third-order valence-corrected chi connectivity index (χ3v) is 4.34. The normalized spacial score (nSPS) is 21.1. The van der Waals surface area contributed by atoms with Gasteiger partial charge in [-0.25, -0.2) is 0 Å². The molecule has 1 saturated heterocycles. The van der Waals surface area contributed by atoms with Crippen LogP contribution in [-0.2, 0) is 11.8 Å². The molecule has 2 aromatic rings. The van der Waals surface area contributed by atoms with E-state index >= 15 is 0 Å². The van der Waals surface area contributed by atoms with E-state index in [9.17, 15) is 4.79 Å². The number of hydrogen-bond donors (Lipinski definition) is 1. The highest BCUT2D eigenvalue weighted by atomic mass is 35.5. The van der Waals surface area contributed by atoms with Crippen molar-refractivity contribution in [1.82, 2.24) is 20.1 Å². The number of nitrogens with one attached hydrogen (secondary N) is 1. The number of aromatic nitrogens is 3. The minimum Gasteiger partial charge on any atom is -0.373 e. The summed E-state index contributed by atoms with van der Waals surface area (Å²) < 4.78 is 7.67. The zero-order valence-corrected chi connectivity index (χ0v) is 13.7. The lowest BCUT2D eigenvalue weighted by Crippen LogP contribution is -2.35. The molecule has 1 aliphatic rings. The van der Waals surface area contributed by atoms with Gasteiger partial charge in [-0.05, 0) is 18.9 Å². The first-order valence-electron chi connectivity index (χ1n) is 7.63. The van der Waals surface area contributed by atoms with Gasteiger partial charge in [0.15, 0.2) is 0 Å². The van der Waals surface area contributed by atoms with Crippen LogP contribution in [0.5, 0.6) is 0 Å². The monoisotopic (exact) mass is 334 g/mol. The van der Waals surface area contributed by atoms with Crippen LogP contribution in [0.4, 0.5) is 0 Å². The Balaban J connectivity index is 1.66. The third kappa shape index (κ3) is 3.71. The van der Waals surface area contributed by atoms with Crippen LogP contribution < -0.4 is 5.32 Å². The molecule has 0 radical (unpaired) electrons. The van der Waals surface area contributed by atoms with Crippen LogP contribution in [0.3, 0.4) is 0 Å². The van der Waals surface area contributed by atoms with Gasteiger partial charge in [0.1, 0.15) is 0 Å². The molecule has 3 heterocycles. The van der Waals surface area contributed by atoms with Crippen LogP contribution in [0.15, 0.2) is 30.9 Å². The fraction of sp³-hybridized carbons (Fsp3) is 0.438. The highest BCUT2D eigenvalue weighted by Gasteiger charge is 2.29. The Kier molecular flexibility index (Phi) is 4.93. The van der Waals surface area contributed by atoms with Crippen molar-refractivity contribution in [2.24, 2.45) is 13.0 Å². The van der Waals surface area contributed by atoms with Gasteiger partial charge < -0.3 is 10.1 Å². The highest BCUT2D eigenvalue weighted by Crippen LogP contribution is 2.33. The molecule has 0 aromatic carbocycles. The molecule has 23 heavy (non-hydrogen) atoms. The summed E-state index contributed by atoms with van der Waals surface area (Å²) >= 11 is 6.01. The summed E-state index contributed by atoms with van der Waals surface area (Å²) in [5, 5.41) is 7.52. The number of nitrogens with zero attached hydrogens (tertiary/aromatic N) is 3. The second-order valence-corrected chi connectivity index (χ2v) is 6.11. The maximum Gasteiger partial charge on any atom is 0.252 e. The SMILES string of the molecule is Cn1cc([C@@H]2OCCC[C@H]2CNC(=O)c2ccncc2Cl)cn1. The van der Waals surface area contributed by atoms with E-state index in [0.717, 1.165) is 25.0 Å². The largest absolute Gasteiger partial charge is 0.373 e. The number of aryl methyl sites for hydroxylation is 1. The van der Waals surface area contributed by atoms with Crippen molar-refractivity contribution >= 4 is 17.5 Å². The van der Waals surface area contributed by atoms with E-state index in [1.54, 1.807) is 16.9 Å². The molecule has 1 fully saturated rings. The van der Waals surface area contributed by atoms with Crippen molar-refractivity contribution in [3.8, 4) is 0 Å². The first-order chi connectivity index (χ1) is 11.1. The van der Waals surface area contributed by atoms with E-state index in [-0.39, 0.29) is 17.9 Å². The first-order valence-corrected chi connectivity index (χ1v) is 8.01. The smallest absolute Gasteiger partial charge is 0.252 e. The van der Waals surface area contributed by atoms with Crippen LogP contribution in [-0.4, -0.2) is 33.8 Å². The molecule has 122 valence electrons. The molecule has 0 spiro atoms. The summed E-state index contributed by atoms with van der Waals surface area (Å²) in [6.45, 7) is 1.28. The number of carbonyl (C=O) groups excluding carboxylic acids is 1. The summed E-state index contributed by atoms with van der Waals surface area (Å²) in [6.07, 6.45) is 8.78. The Labute approximate surface area is 139 Å². The Morgan fingerprint density at radius 3 is 3.13 bits per heavy atom. The van der Waals surface area contributed by atoms with Gasteiger partial charge >= 0.3 is 0 Å². The van der Waals surface area contributed by atoms with Gasteiger partial charge in [-0.1, -0.05) is 11.6 Å². The lowest BCUT2D eigenvalue weighted by atomic mass is 9.91. The second kappa shape index (κ2) is 7.10. The Bertz CT molecular complexity index is 688. The van der Waals surface area contributed by atoms with Gasteiger partial charge in [0, 0.05) is 50.3 Å². The summed E-state index contributed by atoms with van der Waals surface area (Å²) in [5.74, 6) is 0.0328. The molecule has 7 heteroatoms. The number of carbonyl (C=O) groups is 1. The summed E-state index contributed by atoms with van der Waals surface area (Å²) in [7, 11) is 1.88. The summed E-state index contributed by atoms with van der Waals surface area (Å²) in [5.41, 5.74) is 1.49. The molecule has 0 unspecified atom stereocenters. The molecule has 1 N–H and O–H groups in total. The molecule has 1 amide bonds. The number of ether oxygens (including phenoxy) is 1. The fourth-order valence-corrected chi connectivity index (χ4v) is 3.09. The Morgan fingerprint density at radius 2 is 2.39 bits per heavy atom. The zero-order chi connectivity index (χ0) is 16.2. The average Bonchev–Trinajstić information content (AvgIpc) is 2.99. The van der Waals surface area contributed by atoms with Crippen molar-refractivity contribution in [2.45, 2.75) is 18.9 Å². The van der Waals surface area contributed by atoms with Crippen molar-refractivity contribution in [1.29, 1.82) is 0 Å². The minimum atomic E-state index is -0.187. The predicted molar refractivity (Wildman–Crippen MR) is 86.2 cm³/mol. The predicted octanol–water partition coefficient (Wildman–Crippen LogP) is 2.37. The number of halogens is 1. The van der Waals surface area contributed by atoms with Crippen molar-refractivity contribution in [2.75, 3.05) is 13.2 Å². The Morgan fingerprint density at radius 1 is 1.52 bits per heavy atom. The lowest BCUT2D eigenvalue weighted by molar-refractivity contribution is -0.0273. The van der Waals surface area contributed by atoms with Gasteiger partial charge in [0.2, 0.25) is 0 Å². The molecular formula is C16H19ClN4O2. The van der Waals surface area contributed by atoms with Crippen LogP contribution in [0.25, 0.3) is 0 Å². The fourth-order valence-electron chi connectivity index (χ4n) is 2.89. The molecule has 3 rings (SSSR count). The maximum atomic E-state index is 12.3. The summed E-state index contributed by atoms with van der Waals surface area (Å²) in [6, 6.07) is 1.62. The second-order valence-electron chi connectivity index (χ2n) is 5.71. The summed E-state index contributed by atoms with van der Waals surface area (Å²) in [4.78, 5) is 16.2. The first kappa shape index (κ1) is 16.0. The van der Waals surface area contributed by atoms with E-state index in [2.05, 4.69) is 15.4 Å². The minimum absolute atomic E-state index is 0.0364. The standard InChI is InChI=1S/C16H19ClN4O2/c1-21-10-12(8-20-21)15-11(3-2-6-23-15)7-19-16(22)13-4-5-18-9-14(13)17/h4-5,8-11,15H,2-3,6-7H2,1H3,(H,19,22)/t11-,15+/m0/s1. The van der Waals surface area contributed by atoms with Gasteiger partial charge in [0.25, 0.3) is 5.91 Å². The van der Waals surface area contributed by atoms with E-state index < -0.39 is 0 Å². The van der Waals surface area contributed by atoms with Gasteiger partial charge in [0.05, 0.1) is 22.9 Å². The maximum absolute atomic E-state index is 12.3. The molecule has 2 atom stereocenters. The zero-order valence-electron chi connectivity index (χ0n) is 12.9. The number of pyridine rings is 1. The number of amides is 1. The lowest BCUT2D eigenvalue weighted by Gasteiger charge is -2.31. The molecule has 0 bridgehead atoms. The molecule has 0 aliphatic carbocycles. The topological polar surface area (TPSA) is 69.0 Å². The van der Waals surface area contributed by atoms with E-state index in [1.165, 1.54) is 6.20 Å². The van der Waals surface area contributed by atoms with Gasteiger partial charge in [-0.2, -0.15) is 5.10 Å². The van der Waals surface area contributed by atoms with E-state index in [0.29, 0.717) is 17.1 Å². The van der Waals surface area contributed by atoms with Crippen molar-refractivity contribution < 1.29 is 9.53 Å². The van der Waals surface area contributed by atoms with Crippen LogP contribution >= 0.6 is 11.6 Å². The van der Waals surface area contributed by atoms with Crippen LogP contribution in [0, 0.1) is 5.92 Å². The quantitative estimate of drug-likeness (QED) is 0.932. The third-order valence-electron chi connectivity index (χ3n) is 4.04. The Hall–Kier alpha value is -1.92. The molecule has 1 aliphatic heterocycles. The number of rotatable bonds is 4. The molecular weight excluding hydrogens is 316 g/mol. The van der Waals surface area contributed by atoms with Crippen molar-refractivity contribution in [3.63, 3.8) is 0 Å². The van der Waals surface area contributed by atoms with Crippen LogP contribution in [0.1, 0.15) is 34.9 Å². The van der Waals surface area contributed by atoms with Gasteiger partial charge in [-0.15, -0.1) is 0 Å². The highest BCUT2D eigenvalue weighted by molar-refractivity contribution is 6.33. The molecule has 6 nitrogen and oxygen atoms in total. The number of hydrogen-bond acceptors (Lipinski definition) is 4. The van der Waals surface area contributed by atoms with Gasteiger partial charge in [-0.3, -0.25) is 14.5 Å². The van der Waals surface area contributed by atoms with Crippen LogP contribution in [0.2, 0.25) is 5.02 Å². The molecule has 0 saturated carbocycles. The van der Waals surface area contributed by atoms with E-state index in [4.69, 9.17) is 16.3 Å². The molecule has 2 aromatic heterocycles. The van der Waals surface area contributed by atoms with E-state index in [1.807, 2.05) is 19.4 Å². The average molecular weight is 335 g/mol.